The minimum absolute atomic E-state index is 0.124. The van der Waals surface area contributed by atoms with Crippen LogP contribution in [0.5, 0.6) is 0 Å². The number of oxime groups is 1. The number of rotatable bonds is 6. The molecule has 0 saturated carbocycles. The van der Waals surface area contributed by atoms with E-state index in [-0.39, 0.29) is 11.8 Å². The summed E-state index contributed by atoms with van der Waals surface area (Å²) in [6.07, 6.45) is -0.150. The van der Waals surface area contributed by atoms with Crippen molar-refractivity contribution in [2.75, 3.05) is 7.11 Å². The zero-order valence-electron chi connectivity index (χ0n) is 10.9. The van der Waals surface area contributed by atoms with Crippen LogP contribution in [-0.2, 0) is 25.5 Å². The summed E-state index contributed by atoms with van der Waals surface area (Å²) in [6, 6.07) is 10.9. The maximum absolute atomic E-state index is 9.07. The highest BCUT2D eigenvalue weighted by Crippen LogP contribution is 2.50. The topological polar surface area (TPSA) is 63.8 Å². The lowest BCUT2D eigenvalue weighted by Crippen LogP contribution is -2.04. The molecule has 0 aliphatic carbocycles. The van der Waals surface area contributed by atoms with Crippen molar-refractivity contribution in [2.45, 2.75) is 20.0 Å². The zero-order chi connectivity index (χ0) is 14.3. The average molecular weight is 298 g/mol. The second-order valence-electron chi connectivity index (χ2n) is 3.78. The molecular formula is C12H15N2O3PS. The molecule has 1 rings (SSSR count). The Hall–Kier alpha value is -1.25. The summed E-state index contributed by atoms with van der Waals surface area (Å²) in [7, 11) is 1.40. The molecule has 7 heteroatoms. The van der Waals surface area contributed by atoms with Crippen LogP contribution in [0.4, 0.5) is 0 Å². The Morgan fingerprint density at radius 1 is 1.37 bits per heavy atom. The van der Waals surface area contributed by atoms with Crippen LogP contribution in [0.25, 0.3) is 0 Å². The van der Waals surface area contributed by atoms with Crippen LogP contribution in [0, 0.1) is 11.3 Å². The molecule has 0 N–H and O–H groups in total. The predicted octanol–water partition coefficient (Wildman–Crippen LogP) is 3.23. The van der Waals surface area contributed by atoms with Crippen LogP contribution in [0.15, 0.2) is 35.5 Å². The van der Waals surface area contributed by atoms with E-state index in [1.165, 1.54) is 7.11 Å². The maximum Gasteiger partial charge on any atom is 0.402 e. The normalized spacial score (nSPS) is 14.8. The summed E-state index contributed by atoms with van der Waals surface area (Å²) in [5.41, 5.74) is 0.770. The van der Waals surface area contributed by atoms with E-state index in [4.69, 9.17) is 30.7 Å². The second kappa shape index (κ2) is 7.37. The fraction of sp³-hybridized carbons (Fsp3) is 0.333. The quantitative estimate of drug-likeness (QED) is 0.458. The first kappa shape index (κ1) is 15.8. The van der Waals surface area contributed by atoms with Gasteiger partial charge in [-0.05, 0) is 13.8 Å². The molecule has 0 aliphatic heterocycles. The summed E-state index contributed by atoms with van der Waals surface area (Å²) in [6.45, 7) is 0.681. The standard InChI is InChI=1S/C12H15N2O3PS/c1-10(2)16-18(19,15-3)17-14-12(9-13)11-7-5-4-6-8-11/h4-8,10H,1-3H3. The molecule has 0 bridgehead atoms. The molecule has 0 spiro atoms. The molecule has 1 aromatic rings. The molecule has 0 saturated heterocycles. The van der Waals surface area contributed by atoms with Gasteiger partial charge in [0.25, 0.3) is 0 Å². The summed E-state index contributed by atoms with van der Waals surface area (Å²) >= 11 is 5.12. The van der Waals surface area contributed by atoms with Crippen LogP contribution < -0.4 is 0 Å². The molecule has 0 aromatic heterocycles. The van der Waals surface area contributed by atoms with E-state index >= 15 is 0 Å². The van der Waals surface area contributed by atoms with Crippen LogP contribution in [0.2, 0.25) is 0 Å². The van der Waals surface area contributed by atoms with Crippen molar-refractivity contribution in [1.29, 1.82) is 5.26 Å². The van der Waals surface area contributed by atoms with Gasteiger partial charge in [-0.15, -0.1) is 0 Å². The Bertz CT molecular complexity index is 526. The molecule has 0 amide bonds. The molecule has 102 valence electrons. The van der Waals surface area contributed by atoms with Crippen LogP contribution in [0.3, 0.4) is 0 Å². The van der Waals surface area contributed by atoms with Gasteiger partial charge >= 0.3 is 6.72 Å². The third-order valence-electron chi connectivity index (χ3n) is 1.95. The van der Waals surface area contributed by atoms with Crippen molar-refractivity contribution in [1.82, 2.24) is 0 Å². The summed E-state index contributed by atoms with van der Waals surface area (Å²) in [4.78, 5) is 0. The number of hydrogen-bond acceptors (Lipinski definition) is 6. The van der Waals surface area contributed by atoms with E-state index in [1.807, 2.05) is 26.0 Å². The largest absolute Gasteiger partial charge is 0.402 e. The summed E-state index contributed by atoms with van der Waals surface area (Å²) < 4.78 is 15.6. The van der Waals surface area contributed by atoms with E-state index in [1.54, 1.807) is 24.3 Å². The average Bonchev–Trinajstić information content (AvgIpc) is 2.40. The highest BCUT2D eigenvalue weighted by Gasteiger charge is 2.22. The van der Waals surface area contributed by atoms with Crippen LogP contribution in [-0.4, -0.2) is 18.9 Å². The fourth-order valence-corrected chi connectivity index (χ4v) is 2.68. The third kappa shape index (κ3) is 5.09. The predicted molar refractivity (Wildman–Crippen MR) is 77.2 cm³/mol. The Balaban J connectivity index is 2.89. The zero-order valence-corrected chi connectivity index (χ0v) is 12.6. The molecule has 0 fully saturated rings. The van der Waals surface area contributed by atoms with Crippen molar-refractivity contribution < 1.29 is 13.7 Å². The monoisotopic (exact) mass is 298 g/mol. The lowest BCUT2D eigenvalue weighted by atomic mass is 10.1. The van der Waals surface area contributed by atoms with Crippen molar-refractivity contribution in [3.63, 3.8) is 0 Å². The first-order chi connectivity index (χ1) is 9.00. The number of nitrogens with zero attached hydrogens (tertiary/aromatic N) is 2. The SMILES string of the molecule is COP(=S)(ON=C(C#N)c1ccccc1)OC(C)C. The lowest BCUT2D eigenvalue weighted by molar-refractivity contribution is 0.150. The van der Waals surface area contributed by atoms with Gasteiger partial charge < -0.3 is 9.15 Å². The number of nitriles is 1. The molecule has 1 atom stereocenters. The van der Waals surface area contributed by atoms with Gasteiger partial charge in [-0.25, -0.2) is 0 Å². The minimum Gasteiger partial charge on any atom is -0.312 e. The molecule has 1 aromatic carbocycles. The molecular weight excluding hydrogens is 283 g/mol. The summed E-state index contributed by atoms with van der Waals surface area (Å²) in [5.74, 6) is 0. The molecule has 5 nitrogen and oxygen atoms in total. The van der Waals surface area contributed by atoms with E-state index in [0.717, 1.165) is 0 Å². The first-order valence-corrected chi connectivity index (χ1v) is 8.13. The van der Waals surface area contributed by atoms with Gasteiger partial charge in [0.15, 0.2) is 5.71 Å². The number of hydrogen-bond donors (Lipinski definition) is 0. The van der Waals surface area contributed by atoms with Gasteiger partial charge in [-0.3, -0.25) is 4.52 Å². The molecule has 19 heavy (non-hydrogen) atoms. The Kier molecular flexibility index (Phi) is 6.13. The van der Waals surface area contributed by atoms with Crippen LogP contribution in [0.1, 0.15) is 19.4 Å². The van der Waals surface area contributed by atoms with Crippen molar-refractivity contribution >= 4 is 24.2 Å². The fourth-order valence-electron chi connectivity index (χ4n) is 1.18. The minimum atomic E-state index is -2.95. The van der Waals surface area contributed by atoms with Gasteiger partial charge in [0, 0.05) is 24.5 Å². The molecule has 0 heterocycles. The highest BCUT2D eigenvalue weighted by molar-refractivity contribution is 8.07. The Labute approximate surface area is 118 Å². The number of benzene rings is 1. The van der Waals surface area contributed by atoms with Gasteiger partial charge in [-0.2, -0.15) is 5.26 Å². The second-order valence-corrected chi connectivity index (χ2v) is 6.76. The molecule has 0 aliphatic rings. The van der Waals surface area contributed by atoms with Crippen LogP contribution >= 0.6 is 6.72 Å². The third-order valence-corrected chi connectivity index (χ3v) is 4.26. The smallest absolute Gasteiger partial charge is 0.312 e. The molecule has 0 radical (unpaired) electrons. The highest BCUT2D eigenvalue weighted by atomic mass is 32.5. The van der Waals surface area contributed by atoms with E-state index in [2.05, 4.69) is 5.16 Å². The lowest BCUT2D eigenvalue weighted by Gasteiger charge is -2.18. The van der Waals surface area contributed by atoms with Gasteiger partial charge in [0.05, 0.1) is 6.10 Å². The maximum atomic E-state index is 9.07. The Morgan fingerprint density at radius 3 is 2.47 bits per heavy atom. The van der Waals surface area contributed by atoms with E-state index in [9.17, 15) is 0 Å². The Morgan fingerprint density at radius 2 is 2.00 bits per heavy atom. The molecule has 1 unspecified atom stereocenters. The van der Waals surface area contributed by atoms with Crippen molar-refractivity contribution in [3.05, 3.63) is 35.9 Å². The van der Waals surface area contributed by atoms with Crippen molar-refractivity contribution in [3.8, 4) is 6.07 Å². The van der Waals surface area contributed by atoms with Gasteiger partial charge in [-0.1, -0.05) is 35.5 Å². The van der Waals surface area contributed by atoms with Gasteiger partial charge in [0.2, 0.25) is 0 Å². The van der Waals surface area contributed by atoms with E-state index in [0.29, 0.717) is 5.56 Å². The van der Waals surface area contributed by atoms with E-state index < -0.39 is 6.72 Å². The first-order valence-electron chi connectivity index (χ1n) is 5.57. The van der Waals surface area contributed by atoms with Gasteiger partial charge in [0.1, 0.15) is 6.07 Å². The summed E-state index contributed by atoms with van der Waals surface area (Å²) in [5, 5.41) is 12.8. The van der Waals surface area contributed by atoms with Crippen molar-refractivity contribution in [2.24, 2.45) is 5.16 Å².